The number of carbonyl (C=O) groups is 1. The predicted octanol–water partition coefficient (Wildman–Crippen LogP) is 1.75. The van der Waals surface area contributed by atoms with E-state index in [2.05, 4.69) is 16.8 Å². The van der Waals surface area contributed by atoms with Crippen LogP contribution < -0.4 is 0 Å². The van der Waals surface area contributed by atoms with Gasteiger partial charge in [0.25, 0.3) is 0 Å². The SMILES string of the molecule is CN(CCC1CCN(C)C1)Cc1ccoc1C(=O)O. The van der Waals surface area contributed by atoms with Crippen molar-refractivity contribution in [2.75, 3.05) is 33.7 Å². The number of rotatable bonds is 6. The molecule has 5 nitrogen and oxygen atoms in total. The summed E-state index contributed by atoms with van der Waals surface area (Å²) in [5, 5.41) is 8.98. The van der Waals surface area contributed by atoms with Crippen molar-refractivity contribution >= 4 is 5.97 Å². The van der Waals surface area contributed by atoms with E-state index in [0.717, 1.165) is 18.0 Å². The Morgan fingerprint density at radius 3 is 3.05 bits per heavy atom. The number of hydrogen-bond donors (Lipinski definition) is 1. The van der Waals surface area contributed by atoms with Gasteiger partial charge in [-0.2, -0.15) is 0 Å². The first kappa shape index (κ1) is 14.1. The van der Waals surface area contributed by atoms with Crippen molar-refractivity contribution in [2.45, 2.75) is 19.4 Å². The second kappa shape index (κ2) is 6.21. The summed E-state index contributed by atoms with van der Waals surface area (Å²) in [5.74, 6) is -0.158. The van der Waals surface area contributed by atoms with E-state index in [1.54, 1.807) is 6.07 Å². The van der Waals surface area contributed by atoms with Crippen LogP contribution in [0.3, 0.4) is 0 Å². The fourth-order valence-electron chi connectivity index (χ4n) is 2.68. The summed E-state index contributed by atoms with van der Waals surface area (Å²) in [7, 11) is 4.19. The van der Waals surface area contributed by atoms with Crippen molar-refractivity contribution in [3.8, 4) is 0 Å². The Morgan fingerprint density at radius 2 is 2.42 bits per heavy atom. The summed E-state index contributed by atoms with van der Waals surface area (Å²) in [5.41, 5.74) is 0.749. The molecule has 106 valence electrons. The zero-order valence-corrected chi connectivity index (χ0v) is 11.6. The van der Waals surface area contributed by atoms with Gasteiger partial charge in [0.05, 0.1) is 6.26 Å². The highest BCUT2D eigenvalue weighted by Crippen LogP contribution is 2.19. The summed E-state index contributed by atoms with van der Waals surface area (Å²) in [4.78, 5) is 15.5. The van der Waals surface area contributed by atoms with E-state index in [4.69, 9.17) is 9.52 Å². The summed E-state index contributed by atoms with van der Waals surface area (Å²) in [6.45, 7) is 3.99. The van der Waals surface area contributed by atoms with Gasteiger partial charge < -0.3 is 19.3 Å². The Balaban J connectivity index is 1.79. The fraction of sp³-hybridized carbons (Fsp3) is 0.643. The van der Waals surface area contributed by atoms with Gasteiger partial charge in [-0.05, 0) is 52.0 Å². The molecule has 1 atom stereocenters. The van der Waals surface area contributed by atoms with Crippen LogP contribution in [0, 0.1) is 5.92 Å². The molecule has 0 radical (unpaired) electrons. The zero-order valence-electron chi connectivity index (χ0n) is 11.6. The lowest BCUT2D eigenvalue weighted by molar-refractivity contribution is 0.0659. The molecule has 19 heavy (non-hydrogen) atoms. The Hall–Kier alpha value is -1.33. The van der Waals surface area contributed by atoms with Gasteiger partial charge in [-0.25, -0.2) is 4.79 Å². The number of likely N-dealkylation sites (tertiary alicyclic amines) is 1. The lowest BCUT2D eigenvalue weighted by Crippen LogP contribution is -2.23. The standard InChI is InChI=1S/C14H22N2O3/c1-15-6-3-11(9-15)4-7-16(2)10-12-5-8-19-13(12)14(17)18/h5,8,11H,3-4,6-7,9-10H2,1-2H3,(H,17,18). The van der Waals surface area contributed by atoms with Crippen LogP contribution in [0.2, 0.25) is 0 Å². The second-order valence-electron chi connectivity index (χ2n) is 5.52. The molecule has 2 rings (SSSR count). The minimum Gasteiger partial charge on any atom is -0.475 e. The molecule has 1 aromatic heterocycles. The van der Waals surface area contributed by atoms with E-state index in [9.17, 15) is 4.79 Å². The van der Waals surface area contributed by atoms with Gasteiger partial charge in [-0.1, -0.05) is 0 Å². The number of aromatic carboxylic acids is 1. The third kappa shape index (κ3) is 3.81. The van der Waals surface area contributed by atoms with Gasteiger partial charge >= 0.3 is 5.97 Å². The Bertz CT molecular complexity index is 430. The summed E-state index contributed by atoms with van der Waals surface area (Å²) >= 11 is 0. The average molecular weight is 266 g/mol. The fourth-order valence-corrected chi connectivity index (χ4v) is 2.68. The van der Waals surface area contributed by atoms with Gasteiger partial charge in [0.2, 0.25) is 5.76 Å². The van der Waals surface area contributed by atoms with Crippen LogP contribution in [0.4, 0.5) is 0 Å². The van der Waals surface area contributed by atoms with E-state index < -0.39 is 5.97 Å². The van der Waals surface area contributed by atoms with E-state index >= 15 is 0 Å². The topological polar surface area (TPSA) is 56.9 Å². The first-order valence-electron chi connectivity index (χ1n) is 6.73. The highest BCUT2D eigenvalue weighted by Gasteiger charge is 2.20. The lowest BCUT2D eigenvalue weighted by Gasteiger charge is -2.18. The summed E-state index contributed by atoms with van der Waals surface area (Å²) < 4.78 is 4.99. The van der Waals surface area contributed by atoms with Crippen LogP contribution >= 0.6 is 0 Å². The molecule has 5 heteroatoms. The van der Waals surface area contributed by atoms with Gasteiger partial charge in [-0.3, -0.25) is 0 Å². The average Bonchev–Trinajstić information content (AvgIpc) is 2.95. The molecule has 1 aliphatic heterocycles. The summed E-state index contributed by atoms with van der Waals surface area (Å²) in [6, 6.07) is 1.74. The molecule has 1 unspecified atom stereocenters. The van der Waals surface area contributed by atoms with Crippen molar-refractivity contribution in [3.05, 3.63) is 23.7 Å². The maximum atomic E-state index is 10.9. The van der Waals surface area contributed by atoms with Crippen molar-refractivity contribution in [3.63, 3.8) is 0 Å². The smallest absolute Gasteiger partial charge is 0.372 e. The Labute approximate surface area is 113 Å². The minimum atomic E-state index is -0.995. The molecule has 0 aromatic carbocycles. The van der Waals surface area contributed by atoms with Crippen LogP contribution in [0.1, 0.15) is 29.0 Å². The van der Waals surface area contributed by atoms with E-state index in [1.807, 2.05) is 7.05 Å². The number of hydrogen-bond acceptors (Lipinski definition) is 4. The highest BCUT2D eigenvalue weighted by molar-refractivity contribution is 5.86. The minimum absolute atomic E-state index is 0.0625. The van der Waals surface area contributed by atoms with Crippen LogP contribution in [-0.4, -0.2) is 54.6 Å². The summed E-state index contributed by atoms with van der Waals surface area (Å²) in [6.07, 6.45) is 3.88. The molecule has 1 aliphatic rings. The van der Waals surface area contributed by atoms with Crippen molar-refractivity contribution in [1.29, 1.82) is 0 Å². The molecule has 0 bridgehead atoms. The van der Waals surface area contributed by atoms with E-state index in [-0.39, 0.29) is 5.76 Å². The van der Waals surface area contributed by atoms with Gasteiger partial charge in [0, 0.05) is 18.7 Å². The number of carboxylic acid groups (broad SMARTS) is 1. The molecular weight excluding hydrogens is 244 g/mol. The zero-order chi connectivity index (χ0) is 13.8. The number of nitrogens with zero attached hydrogens (tertiary/aromatic N) is 2. The Kier molecular flexibility index (Phi) is 4.61. The highest BCUT2D eigenvalue weighted by atomic mass is 16.4. The van der Waals surface area contributed by atoms with Crippen molar-refractivity contribution in [1.82, 2.24) is 9.80 Å². The van der Waals surface area contributed by atoms with E-state index in [1.165, 1.54) is 32.2 Å². The molecule has 0 aliphatic carbocycles. The van der Waals surface area contributed by atoms with E-state index in [0.29, 0.717) is 6.54 Å². The third-order valence-electron chi connectivity index (χ3n) is 3.79. The molecule has 0 spiro atoms. The van der Waals surface area contributed by atoms with Crippen molar-refractivity contribution in [2.24, 2.45) is 5.92 Å². The normalized spacial score (nSPS) is 20.3. The Morgan fingerprint density at radius 1 is 1.63 bits per heavy atom. The monoisotopic (exact) mass is 266 g/mol. The molecule has 0 saturated carbocycles. The quantitative estimate of drug-likeness (QED) is 0.850. The van der Waals surface area contributed by atoms with Gasteiger partial charge in [0.15, 0.2) is 0 Å². The van der Waals surface area contributed by atoms with Crippen LogP contribution in [-0.2, 0) is 6.54 Å². The number of carboxylic acids is 1. The van der Waals surface area contributed by atoms with Gasteiger partial charge in [-0.15, -0.1) is 0 Å². The first-order valence-corrected chi connectivity index (χ1v) is 6.73. The molecular formula is C14H22N2O3. The van der Waals surface area contributed by atoms with Gasteiger partial charge in [0.1, 0.15) is 0 Å². The largest absolute Gasteiger partial charge is 0.475 e. The maximum Gasteiger partial charge on any atom is 0.372 e. The molecule has 0 amide bonds. The predicted molar refractivity (Wildman–Crippen MR) is 72.2 cm³/mol. The first-order chi connectivity index (χ1) is 9.06. The van der Waals surface area contributed by atoms with Crippen LogP contribution in [0.25, 0.3) is 0 Å². The maximum absolute atomic E-state index is 10.9. The van der Waals surface area contributed by atoms with Crippen LogP contribution in [0.15, 0.2) is 16.7 Å². The molecule has 1 aromatic rings. The molecule has 1 fully saturated rings. The number of furan rings is 1. The molecule has 1 saturated heterocycles. The third-order valence-corrected chi connectivity index (χ3v) is 3.79. The van der Waals surface area contributed by atoms with Crippen molar-refractivity contribution < 1.29 is 14.3 Å². The second-order valence-corrected chi connectivity index (χ2v) is 5.52. The van der Waals surface area contributed by atoms with Crippen LogP contribution in [0.5, 0.6) is 0 Å². The molecule has 2 heterocycles. The molecule has 1 N–H and O–H groups in total. The lowest BCUT2D eigenvalue weighted by atomic mass is 10.0.